The summed E-state index contributed by atoms with van der Waals surface area (Å²) in [5, 5.41) is 4.17. The molecule has 0 N–H and O–H groups in total. The number of aromatic nitrogens is 3. The number of rotatable bonds is 4. The van der Waals surface area contributed by atoms with E-state index in [1.807, 2.05) is 4.68 Å². The third-order valence-electron chi connectivity index (χ3n) is 2.99. The lowest BCUT2D eigenvalue weighted by Gasteiger charge is -2.08. The molecule has 1 atom stereocenters. The van der Waals surface area contributed by atoms with Crippen LogP contribution in [0.3, 0.4) is 0 Å². The zero-order chi connectivity index (χ0) is 10.7. The smallest absolute Gasteiger partial charge is 0.138 e. The molecule has 1 heterocycles. The highest BCUT2D eigenvalue weighted by molar-refractivity contribution is 5.82. The molecule has 0 spiro atoms. The van der Waals surface area contributed by atoms with Gasteiger partial charge in [-0.15, -0.1) is 0 Å². The van der Waals surface area contributed by atoms with Crippen LogP contribution >= 0.6 is 0 Å². The monoisotopic (exact) mass is 207 g/mol. The third-order valence-corrected chi connectivity index (χ3v) is 2.99. The van der Waals surface area contributed by atoms with Crippen molar-refractivity contribution >= 4 is 5.78 Å². The number of carbonyl (C=O) groups excluding carboxylic acids is 1. The summed E-state index contributed by atoms with van der Waals surface area (Å²) in [4.78, 5) is 15.7. The number of ketones is 1. The Labute approximate surface area is 89.7 Å². The summed E-state index contributed by atoms with van der Waals surface area (Å²) >= 11 is 0. The number of nitrogens with zero attached hydrogens (tertiary/aromatic N) is 3. The van der Waals surface area contributed by atoms with Gasteiger partial charge in [-0.25, -0.2) is 4.98 Å². The van der Waals surface area contributed by atoms with Crippen molar-refractivity contribution in [3.05, 3.63) is 12.2 Å². The molecule has 4 heteroatoms. The van der Waals surface area contributed by atoms with Gasteiger partial charge in [0.2, 0.25) is 0 Å². The van der Waals surface area contributed by atoms with Crippen molar-refractivity contribution in [2.24, 2.45) is 5.92 Å². The first-order valence-corrected chi connectivity index (χ1v) is 5.70. The van der Waals surface area contributed by atoms with Gasteiger partial charge in [0, 0.05) is 25.3 Å². The number of hydrogen-bond acceptors (Lipinski definition) is 3. The van der Waals surface area contributed by atoms with Crippen LogP contribution in [0.5, 0.6) is 0 Å². The zero-order valence-corrected chi connectivity index (χ0v) is 9.15. The van der Waals surface area contributed by atoms with E-state index in [0.29, 0.717) is 5.78 Å². The molecule has 1 aromatic rings. The minimum absolute atomic E-state index is 0.199. The Morgan fingerprint density at radius 3 is 3.13 bits per heavy atom. The van der Waals surface area contributed by atoms with E-state index in [2.05, 4.69) is 17.0 Å². The Morgan fingerprint density at radius 1 is 1.60 bits per heavy atom. The average Bonchev–Trinajstić information content (AvgIpc) is 2.80. The van der Waals surface area contributed by atoms with E-state index in [-0.39, 0.29) is 5.92 Å². The maximum atomic E-state index is 11.5. The normalized spacial score (nSPS) is 21.1. The largest absolute Gasteiger partial charge is 0.299 e. The van der Waals surface area contributed by atoms with Crippen LogP contribution in [0.15, 0.2) is 6.33 Å². The summed E-state index contributed by atoms with van der Waals surface area (Å²) in [6, 6.07) is 0. The van der Waals surface area contributed by atoms with Gasteiger partial charge in [0.15, 0.2) is 0 Å². The van der Waals surface area contributed by atoms with Gasteiger partial charge in [-0.05, 0) is 19.3 Å². The van der Waals surface area contributed by atoms with Crippen molar-refractivity contribution in [3.63, 3.8) is 0 Å². The van der Waals surface area contributed by atoms with Crippen LogP contribution in [0.1, 0.15) is 38.4 Å². The van der Waals surface area contributed by atoms with Crippen LogP contribution in [0.2, 0.25) is 0 Å². The molecule has 0 radical (unpaired) electrons. The fraction of sp³-hybridized carbons (Fsp3) is 0.727. The van der Waals surface area contributed by atoms with Crippen LogP contribution in [-0.2, 0) is 17.8 Å². The Hall–Kier alpha value is -1.19. The second-order valence-corrected chi connectivity index (χ2v) is 4.16. The summed E-state index contributed by atoms with van der Waals surface area (Å²) in [6.07, 6.45) is 6.24. The van der Waals surface area contributed by atoms with Crippen LogP contribution in [-0.4, -0.2) is 20.5 Å². The Balaban J connectivity index is 2.03. The Bertz CT molecular complexity index is 345. The van der Waals surface area contributed by atoms with E-state index < -0.39 is 0 Å². The van der Waals surface area contributed by atoms with Gasteiger partial charge in [-0.2, -0.15) is 5.10 Å². The second kappa shape index (κ2) is 4.55. The molecule has 82 valence electrons. The number of hydrogen-bond donors (Lipinski definition) is 0. The lowest BCUT2D eigenvalue weighted by molar-refractivity contribution is -0.120. The topological polar surface area (TPSA) is 47.8 Å². The van der Waals surface area contributed by atoms with Gasteiger partial charge in [0.1, 0.15) is 17.9 Å². The zero-order valence-electron chi connectivity index (χ0n) is 9.15. The van der Waals surface area contributed by atoms with Gasteiger partial charge in [-0.3, -0.25) is 9.48 Å². The third kappa shape index (κ3) is 2.25. The minimum atomic E-state index is 0.199. The van der Waals surface area contributed by atoms with Crippen LogP contribution in [0.4, 0.5) is 0 Å². The van der Waals surface area contributed by atoms with E-state index in [4.69, 9.17) is 0 Å². The molecule has 15 heavy (non-hydrogen) atoms. The SMILES string of the molecule is CCCn1ncnc1CC1CCCC1=O. The molecule has 1 aromatic heterocycles. The van der Waals surface area contributed by atoms with Crippen molar-refractivity contribution in [2.45, 2.75) is 45.6 Å². The quantitative estimate of drug-likeness (QED) is 0.753. The molecule has 4 nitrogen and oxygen atoms in total. The number of Topliss-reactive ketones (excluding diaryl/α,β-unsaturated/α-hetero) is 1. The molecule has 1 unspecified atom stereocenters. The van der Waals surface area contributed by atoms with Gasteiger partial charge in [0.25, 0.3) is 0 Å². The van der Waals surface area contributed by atoms with E-state index in [9.17, 15) is 4.79 Å². The molecular formula is C11H17N3O. The fourth-order valence-corrected chi connectivity index (χ4v) is 2.17. The van der Waals surface area contributed by atoms with E-state index in [1.54, 1.807) is 6.33 Å². The summed E-state index contributed by atoms with van der Waals surface area (Å²) in [6.45, 7) is 3.02. The second-order valence-electron chi connectivity index (χ2n) is 4.16. The molecule has 0 bridgehead atoms. The minimum Gasteiger partial charge on any atom is -0.299 e. The maximum absolute atomic E-state index is 11.5. The lowest BCUT2D eigenvalue weighted by Crippen LogP contribution is -2.14. The first kappa shape index (κ1) is 10.3. The summed E-state index contributed by atoms with van der Waals surface area (Å²) in [7, 11) is 0. The Morgan fingerprint density at radius 2 is 2.47 bits per heavy atom. The van der Waals surface area contributed by atoms with Gasteiger partial charge in [-0.1, -0.05) is 6.92 Å². The van der Waals surface area contributed by atoms with Crippen LogP contribution in [0, 0.1) is 5.92 Å². The van der Waals surface area contributed by atoms with E-state index in [1.165, 1.54) is 0 Å². The summed E-state index contributed by atoms with van der Waals surface area (Å²) in [5.41, 5.74) is 0. The first-order valence-electron chi connectivity index (χ1n) is 5.70. The van der Waals surface area contributed by atoms with Crippen molar-refractivity contribution in [3.8, 4) is 0 Å². The van der Waals surface area contributed by atoms with Crippen molar-refractivity contribution in [1.29, 1.82) is 0 Å². The molecule has 1 aliphatic carbocycles. The Kier molecular flexibility index (Phi) is 3.14. The molecule has 1 aliphatic rings. The number of aryl methyl sites for hydroxylation is 1. The predicted octanol–water partition coefficient (Wildman–Crippen LogP) is 1.60. The molecular weight excluding hydrogens is 190 g/mol. The van der Waals surface area contributed by atoms with Gasteiger partial charge < -0.3 is 0 Å². The molecule has 0 saturated heterocycles. The fourth-order valence-electron chi connectivity index (χ4n) is 2.17. The molecule has 0 aromatic carbocycles. The van der Waals surface area contributed by atoms with Crippen LogP contribution < -0.4 is 0 Å². The molecule has 2 rings (SSSR count). The highest BCUT2D eigenvalue weighted by Crippen LogP contribution is 2.24. The van der Waals surface area contributed by atoms with E-state index in [0.717, 1.165) is 44.5 Å². The maximum Gasteiger partial charge on any atom is 0.138 e. The highest BCUT2D eigenvalue weighted by Gasteiger charge is 2.25. The van der Waals surface area contributed by atoms with Crippen LogP contribution in [0.25, 0.3) is 0 Å². The predicted molar refractivity (Wildman–Crippen MR) is 56.4 cm³/mol. The summed E-state index contributed by atoms with van der Waals surface area (Å²) in [5.74, 6) is 1.57. The number of carbonyl (C=O) groups is 1. The average molecular weight is 207 g/mol. The lowest BCUT2D eigenvalue weighted by atomic mass is 10.0. The van der Waals surface area contributed by atoms with Gasteiger partial charge >= 0.3 is 0 Å². The van der Waals surface area contributed by atoms with Gasteiger partial charge in [0.05, 0.1) is 0 Å². The van der Waals surface area contributed by atoms with E-state index >= 15 is 0 Å². The standard InChI is InChI=1S/C11H17N3O/c1-2-6-14-11(12-8-13-14)7-9-4-3-5-10(9)15/h8-9H,2-7H2,1H3. The molecule has 1 fully saturated rings. The van der Waals surface area contributed by atoms with Crippen molar-refractivity contribution < 1.29 is 4.79 Å². The molecule has 0 amide bonds. The van der Waals surface area contributed by atoms with Crippen molar-refractivity contribution in [2.75, 3.05) is 0 Å². The summed E-state index contributed by atoms with van der Waals surface area (Å²) < 4.78 is 1.92. The highest BCUT2D eigenvalue weighted by atomic mass is 16.1. The van der Waals surface area contributed by atoms with Crippen molar-refractivity contribution in [1.82, 2.24) is 14.8 Å². The molecule has 1 saturated carbocycles. The first-order chi connectivity index (χ1) is 7.31. The molecule has 0 aliphatic heterocycles.